The number of rotatable bonds is 8. The van der Waals surface area contributed by atoms with Gasteiger partial charge in [-0.25, -0.2) is 0 Å². The Morgan fingerprint density at radius 2 is 2.18 bits per heavy atom. The Labute approximate surface area is 130 Å². The average Bonchev–Trinajstić information content (AvgIpc) is 3.35. The van der Waals surface area contributed by atoms with Crippen molar-refractivity contribution in [3.63, 3.8) is 0 Å². The molecule has 120 valence electrons. The van der Waals surface area contributed by atoms with Gasteiger partial charge in [0.25, 0.3) is 5.91 Å². The highest BCUT2D eigenvalue weighted by atomic mass is 16.5. The molecule has 1 aromatic carbocycles. The van der Waals surface area contributed by atoms with Crippen LogP contribution in [0.25, 0.3) is 0 Å². The van der Waals surface area contributed by atoms with Crippen LogP contribution in [0.5, 0.6) is 5.75 Å². The largest absolute Gasteiger partial charge is 0.484 e. The summed E-state index contributed by atoms with van der Waals surface area (Å²) in [6, 6.07) is 7.06. The van der Waals surface area contributed by atoms with Crippen molar-refractivity contribution in [2.24, 2.45) is 17.6 Å². The summed E-state index contributed by atoms with van der Waals surface area (Å²) >= 11 is 0. The van der Waals surface area contributed by atoms with Gasteiger partial charge in [0.15, 0.2) is 6.61 Å². The van der Waals surface area contributed by atoms with Crippen LogP contribution in [-0.2, 0) is 9.59 Å². The standard InChI is InChI=1S/C16H23N3O3/c1-11(8-17)9-18-15(20)10-22-14-4-2-3-13(7-14)19-16(21)12-5-6-12/h2-4,7,11-12H,5-6,8-10,17H2,1H3,(H,18,20)(H,19,21). The number of hydrogen-bond acceptors (Lipinski definition) is 4. The SMILES string of the molecule is CC(CN)CNC(=O)COc1cccc(NC(=O)C2CC2)c1. The Morgan fingerprint density at radius 3 is 2.86 bits per heavy atom. The number of carbonyl (C=O) groups is 2. The lowest BCUT2D eigenvalue weighted by Gasteiger charge is -2.11. The first-order valence-electron chi connectivity index (χ1n) is 7.59. The first-order valence-corrected chi connectivity index (χ1v) is 7.59. The van der Waals surface area contributed by atoms with E-state index in [9.17, 15) is 9.59 Å². The molecule has 1 unspecified atom stereocenters. The van der Waals surface area contributed by atoms with E-state index in [0.717, 1.165) is 12.8 Å². The Kier molecular flexibility index (Phi) is 5.77. The molecule has 0 bridgehead atoms. The van der Waals surface area contributed by atoms with Crippen molar-refractivity contribution in [1.29, 1.82) is 0 Å². The number of ether oxygens (including phenoxy) is 1. The molecule has 0 saturated heterocycles. The van der Waals surface area contributed by atoms with Gasteiger partial charge < -0.3 is 21.1 Å². The summed E-state index contributed by atoms with van der Waals surface area (Å²) in [6.07, 6.45) is 1.92. The molecule has 0 heterocycles. The van der Waals surface area contributed by atoms with Gasteiger partial charge in [0.1, 0.15) is 5.75 Å². The number of benzene rings is 1. The van der Waals surface area contributed by atoms with Gasteiger partial charge in [-0.3, -0.25) is 9.59 Å². The summed E-state index contributed by atoms with van der Waals surface area (Å²) in [5.41, 5.74) is 6.17. The smallest absolute Gasteiger partial charge is 0.257 e. The van der Waals surface area contributed by atoms with Crippen LogP contribution in [0.2, 0.25) is 0 Å². The maximum Gasteiger partial charge on any atom is 0.257 e. The van der Waals surface area contributed by atoms with Gasteiger partial charge in [-0.2, -0.15) is 0 Å². The molecule has 1 saturated carbocycles. The fourth-order valence-electron chi connectivity index (χ4n) is 1.82. The first kappa shape index (κ1) is 16.3. The van der Waals surface area contributed by atoms with Gasteiger partial charge in [-0.15, -0.1) is 0 Å². The lowest BCUT2D eigenvalue weighted by Crippen LogP contribution is -2.34. The molecule has 0 radical (unpaired) electrons. The molecule has 2 amide bonds. The number of nitrogens with two attached hydrogens (primary N) is 1. The zero-order valence-electron chi connectivity index (χ0n) is 12.8. The predicted molar refractivity (Wildman–Crippen MR) is 84.5 cm³/mol. The molecule has 1 fully saturated rings. The first-order chi connectivity index (χ1) is 10.6. The lowest BCUT2D eigenvalue weighted by molar-refractivity contribution is -0.123. The quantitative estimate of drug-likeness (QED) is 0.671. The lowest BCUT2D eigenvalue weighted by atomic mass is 10.2. The van der Waals surface area contributed by atoms with E-state index >= 15 is 0 Å². The molecule has 1 aliphatic rings. The van der Waals surface area contributed by atoms with E-state index in [2.05, 4.69) is 10.6 Å². The van der Waals surface area contributed by atoms with Gasteiger partial charge >= 0.3 is 0 Å². The van der Waals surface area contributed by atoms with Crippen molar-refractivity contribution in [1.82, 2.24) is 5.32 Å². The van der Waals surface area contributed by atoms with E-state index in [4.69, 9.17) is 10.5 Å². The fourth-order valence-corrected chi connectivity index (χ4v) is 1.82. The zero-order valence-corrected chi connectivity index (χ0v) is 12.8. The minimum atomic E-state index is -0.187. The van der Waals surface area contributed by atoms with Crippen molar-refractivity contribution in [3.05, 3.63) is 24.3 Å². The van der Waals surface area contributed by atoms with Gasteiger partial charge in [0.05, 0.1) is 0 Å². The number of carbonyl (C=O) groups excluding carboxylic acids is 2. The summed E-state index contributed by atoms with van der Waals surface area (Å²) in [5, 5.41) is 5.61. The molecule has 6 heteroatoms. The van der Waals surface area contributed by atoms with Crippen molar-refractivity contribution in [2.75, 3.05) is 25.0 Å². The minimum absolute atomic E-state index is 0.0469. The van der Waals surface area contributed by atoms with Crippen LogP contribution in [0.15, 0.2) is 24.3 Å². The van der Waals surface area contributed by atoms with E-state index in [1.165, 1.54) is 0 Å². The number of hydrogen-bond donors (Lipinski definition) is 3. The molecule has 0 aromatic heterocycles. The molecule has 4 N–H and O–H groups in total. The van der Waals surface area contributed by atoms with Gasteiger partial charge in [-0.05, 0) is 37.4 Å². The van der Waals surface area contributed by atoms with E-state index < -0.39 is 0 Å². The fraction of sp³-hybridized carbons (Fsp3) is 0.500. The van der Waals surface area contributed by atoms with Gasteiger partial charge in [0, 0.05) is 24.2 Å². The number of amides is 2. The highest BCUT2D eigenvalue weighted by molar-refractivity contribution is 5.94. The van der Waals surface area contributed by atoms with Crippen molar-refractivity contribution >= 4 is 17.5 Å². The number of anilines is 1. The maximum atomic E-state index is 11.7. The summed E-state index contributed by atoms with van der Waals surface area (Å²) in [5.74, 6) is 0.804. The van der Waals surface area contributed by atoms with Crippen LogP contribution in [0.3, 0.4) is 0 Å². The molecule has 0 aliphatic heterocycles. The van der Waals surface area contributed by atoms with E-state index in [1.54, 1.807) is 24.3 Å². The van der Waals surface area contributed by atoms with E-state index in [1.807, 2.05) is 6.92 Å². The normalized spacial score (nSPS) is 15.0. The number of nitrogens with one attached hydrogen (secondary N) is 2. The zero-order chi connectivity index (χ0) is 15.9. The molecular formula is C16H23N3O3. The van der Waals surface area contributed by atoms with Crippen molar-refractivity contribution in [2.45, 2.75) is 19.8 Å². The van der Waals surface area contributed by atoms with E-state index in [-0.39, 0.29) is 30.3 Å². The summed E-state index contributed by atoms with van der Waals surface area (Å²) < 4.78 is 5.44. The Morgan fingerprint density at radius 1 is 1.41 bits per heavy atom. The summed E-state index contributed by atoms with van der Waals surface area (Å²) in [7, 11) is 0. The third-order valence-electron chi connectivity index (χ3n) is 3.47. The van der Waals surface area contributed by atoms with Crippen LogP contribution in [-0.4, -0.2) is 31.5 Å². The van der Waals surface area contributed by atoms with Crippen LogP contribution in [0, 0.1) is 11.8 Å². The molecule has 1 atom stereocenters. The third kappa shape index (κ3) is 5.37. The predicted octanol–water partition coefficient (Wildman–Crippen LogP) is 1.12. The molecule has 2 rings (SSSR count). The molecule has 1 aliphatic carbocycles. The van der Waals surface area contributed by atoms with Gasteiger partial charge in [0.2, 0.25) is 5.91 Å². The molecule has 6 nitrogen and oxygen atoms in total. The average molecular weight is 305 g/mol. The Hall–Kier alpha value is -2.08. The van der Waals surface area contributed by atoms with Crippen LogP contribution in [0.4, 0.5) is 5.69 Å². The molecule has 22 heavy (non-hydrogen) atoms. The Bertz CT molecular complexity index is 529. The second kappa shape index (κ2) is 7.79. The van der Waals surface area contributed by atoms with Crippen LogP contribution >= 0.6 is 0 Å². The van der Waals surface area contributed by atoms with Crippen molar-refractivity contribution < 1.29 is 14.3 Å². The Balaban J connectivity index is 1.77. The summed E-state index contributed by atoms with van der Waals surface area (Å²) in [4.78, 5) is 23.4. The second-order valence-electron chi connectivity index (χ2n) is 5.72. The van der Waals surface area contributed by atoms with Crippen molar-refractivity contribution in [3.8, 4) is 5.75 Å². The molecule has 1 aromatic rings. The second-order valence-corrected chi connectivity index (χ2v) is 5.72. The monoisotopic (exact) mass is 305 g/mol. The van der Waals surface area contributed by atoms with E-state index in [0.29, 0.717) is 24.5 Å². The topological polar surface area (TPSA) is 93.4 Å². The highest BCUT2D eigenvalue weighted by Gasteiger charge is 2.29. The minimum Gasteiger partial charge on any atom is -0.484 e. The summed E-state index contributed by atoms with van der Waals surface area (Å²) in [6.45, 7) is 2.98. The van der Waals surface area contributed by atoms with Crippen LogP contribution in [0.1, 0.15) is 19.8 Å². The highest BCUT2D eigenvalue weighted by Crippen LogP contribution is 2.30. The molecule has 0 spiro atoms. The third-order valence-corrected chi connectivity index (χ3v) is 3.47. The maximum absolute atomic E-state index is 11.7. The van der Waals surface area contributed by atoms with Gasteiger partial charge in [-0.1, -0.05) is 13.0 Å². The molecular weight excluding hydrogens is 282 g/mol. The van der Waals surface area contributed by atoms with Crippen LogP contribution < -0.4 is 21.1 Å².